The van der Waals surface area contributed by atoms with E-state index in [2.05, 4.69) is 5.32 Å². The first-order valence-corrected chi connectivity index (χ1v) is 7.23. The van der Waals surface area contributed by atoms with Crippen LogP contribution in [0.25, 0.3) is 0 Å². The fourth-order valence-corrected chi connectivity index (χ4v) is 2.21. The van der Waals surface area contributed by atoms with Crippen molar-refractivity contribution in [3.63, 3.8) is 0 Å². The second kappa shape index (κ2) is 7.47. The van der Waals surface area contributed by atoms with Gasteiger partial charge in [0.05, 0.1) is 0 Å². The highest BCUT2D eigenvalue weighted by molar-refractivity contribution is 5.87. The number of carboxylic acid groups (broad SMARTS) is 1. The number of hydrogen-bond acceptors (Lipinski definition) is 5. The number of nitrogens with one attached hydrogen (secondary N) is 1. The Morgan fingerprint density at radius 1 is 1.04 bits per heavy atom. The minimum absolute atomic E-state index is 0.0591. The summed E-state index contributed by atoms with van der Waals surface area (Å²) in [7, 11) is 0. The summed E-state index contributed by atoms with van der Waals surface area (Å²) in [6.45, 7) is 0. The third-order valence-electron chi connectivity index (χ3n) is 3.54. The van der Waals surface area contributed by atoms with Crippen molar-refractivity contribution in [3.05, 3.63) is 59.7 Å². The first kappa shape index (κ1) is 17.3. The van der Waals surface area contributed by atoms with E-state index in [1.54, 1.807) is 30.3 Å². The van der Waals surface area contributed by atoms with Crippen molar-refractivity contribution in [2.24, 2.45) is 5.73 Å². The molecule has 126 valence electrons. The average Bonchev–Trinajstić information content (AvgIpc) is 2.57. The molecule has 0 unspecified atom stereocenters. The molecule has 0 aliphatic rings. The highest BCUT2D eigenvalue weighted by atomic mass is 16.4. The second-order valence-electron chi connectivity index (χ2n) is 5.31. The Balaban J connectivity index is 2.09. The third kappa shape index (κ3) is 4.23. The Hall–Kier alpha value is -3.06. The van der Waals surface area contributed by atoms with Gasteiger partial charge in [-0.1, -0.05) is 36.4 Å². The minimum Gasteiger partial charge on any atom is -0.504 e. The fourth-order valence-electron chi connectivity index (χ4n) is 2.21. The lowest BCUT2D eigenvalue weighted by atomic mass is 10.0. The molecule has 7 nitrogen and oxygen atoms in total. The van der Waals surface area contributed by atoms with Crippen LogP contribution in [0.2, 0.25) is 0 Å². The first-order valence-electron chi connectivity index (χ1n) is 7.23. The third-order valence-corrected chi connectivity index (χ3v) is 3.54. The zero-order chi connectivity index (χ0) is 17.7. The van der Waals surface area contributed by atoms with Gasteiger partial charge in [-0.3, -0.25) is 4.79 Å². The number of phenols is 2. The number of hydrogen-bond donors (Lipinski definition) is 5. The fraction of sp³-hybridized carbons (Fsp3) is 0.176. The van der Waals surface area contributed by atoms with Gasteiger partial charge in [0.2, 0.25) is 5.91 Å². The number of carbonyl (C=O) groups excluding carboxylic acids is 1. The van der Waals surface area contributed by atoms with Crippen molar-refractivity contribution < 1.29 is 24.9 Å². The van der Waals surface area contributed by atoms with Crippen molar-refractivity contribution in [1.82, 2.24) is 5.32 Å². The van der Waals surface area contributed by atoms with Crippen LogP contribution < -0.4 is 11.1 Å². The standard InChI is InChI=1S/C17H18N2O5/c18-15(11-4-2-1-3-5-11)16(22)19-12(17(23)24)8-10-6-7-13(20)14(21)9-10/h1-7,9,12,15,20-21H,8,18H2,(H,19,22)(H,23,24)/t12-,15-/m0/s1. The molecule has 0 aliphatic heterocycles. The summed E-state index contributed by atoms with van der Waals surface area (Å²) in [6, 6.07) is 10.4. The van der Waals surface area contributed by atoms with E-state index in [0.717, 1.165) is 0 Å². The molecule has 7 heteroatoms. The van der Waals surface area contributed by atoms with Gasteiger partial charge in [-0.15, -0.1) is 0 Å². The molecule has 2 aromatic rings. The van der Waals surface area contributed by atoms with Gasteiger partial charge in [0.25, 0.3) is 0 Å². The molecule has 0 saturated heterocycles. The molecule has 0 bridgehead atoms. The molecule has 0 heterocycles. The van der Waals surface area contributed by atoms with Crippen LogP contribution in [0.15, 0.2) is 48.5 Å². The molecule has 6 N–H and O–H groups in total. The van der Waals surface area contributed by atoms with Gasteiger partial charge in [-0.05, 0) is 23.3 Å². The number of amides is 1. The maximum Gasteiger partial charge on any atom is 0.326 e. The topological polar surface area (TPSA) is 133 Å². The molecule has 0 spiro atoms. The summed E-state index contributed by atoms with van der Waals surface area (Å²) < 4.78 is 0. The Labute approximate surface area is 138 Å². The molecule has 0 aromatic heterocycles. The van der Waals surface area contributed by atoms with E-state index in [-0.39, 0.29) is 17.9 Å². The number of benzene rings is 2. The number of rotatable bonds is 6. The SMILES string of the molecule is N[C@H](C(=O)N[C@@H](Cc1ccc(O)c(O)c1)C(=O)O)c1ccccc1. The number of aromatic hydroxyl groups is 2. The van der Waals surface area contributed by atoms with Gasteiger partial charge in [0.15, 0.2) is 11.5 Å². The van der Waals surface area contributed by atoms with Crippen molar-refractivity contribution >= 4 is 11.9 Å². The lowest BCUT2D eigenvalue weighted by Gasteiger charge is -2.18. The summed E-state index contributed by atoms with van der Waals surface area (Å²) >= 11 is 0. The predicted octanol–water partition coefficient (Wildman–Crippen LogP) is 0.910. The van der Waals surface area contributed by atoms with Gasteiger partial charge < -0.3 is 26.4 Å². The maximum absolute atomic E-state index is 12.2. The van der Waals surface area contributed by atoms with Gasteiger partial charge in [-0.2, -0.15) is 0 Å². The Bertz CT molecular complexity index is 733. The van der Waals surface area contributed by atoms with Gasteiger partial charge in [0, 0.05) is 6.42 Å². The molecular weight excluding hydrogens is 312 g/mol. The van der Waals surface area contributed by atoms with E-state index >= 15 is 0 Å². The number of aliphatic carboxylic acids is 1. The predicted molar refractivity (Wildman–Crippen MR) is 86.4 cm³/mol. The van der Waals surface area contributed by atoms with Crippen molar-refractivity contribution in [1.29, 1.82) is 0 Å². The smallest absolute Gasteiger partial charge is 0.326 e. The maximum atomic E-state index is 12.2. The van der Waals surface area contributed by atoms with Crippen molar-refractivity contribution in [3.8, 4) is 11.5 Å². The zero-order valence-corrected chi connectivity index (χ0v) is 12.7. The highest BCUT2D eigenvalue weighted by Gasteiger charge is 2.24. The monoisotopic (exact) mass is 330 g/mol. The van der Waals surface area contributed by atoms with Crippen LogP contribution in [0.4, 0.5) is 0 Å². The molecule has 0 radical (unpaired) electrons. The van der Waals surface area contributed by atoms with Crippen LogP contribution in [0.5, 0.6) is 11.5 Å². The molecule has 0 aliphatic carbocycles. The lowest BCUT2D eigenvalue weighted by molar-refractivity contribution is -0.142. The second-order valence-corrected chi connectivity index (χ2v) is 5.31. The summed E-state index contributed by atoms with van der Waals surface area (Å²) in [4.78, 5) is 23.6. The lowest BCUT2D eigenvalue weighted by Crippen LogP contribution is -2.46. The number of nitrogens with two attached hydrogens (primary N) is 1. The van der Waals surface area contributed by atoms with E-state index in [0.29, 0.717) is 11.1 Å². The first-order chi connectivity index (χ1) is 11.4. The van der Waals surface area contributed by atoms with Crippen LogP contribution in [-0.4, -0.2) is 33.2 Å². The molecule has 1 amide bonds. The molecule has 2 atom stereocenters. The quantitative estimate of drug-likeness (QED) is 0.500. The van der Waals surface area contributed by atoms with E-state index in [4.69, 9.17) is 5.73 Å². The Morgan fingerprint density at radius 2 is 1.71 bits per heavy atom. The minimum atomic E-state index is -1.23. The van der Waals surface area contributed by atoms with E-state index in [1.165, 1.54) is 18.2 Å². The number of carbonyl (C=O) groups is 2. The van der Waals surface area contributed by atoms with Crippen molar-refractivity contribution in [2.75, 3.05) is 0 Å². The van der Waals surface area contributed by atoms with Gasteiger partial charge in [-0.25, -0.2) is 4.79 Å². The Morgan fingerprint density at radius 3 is 2.29 bits per heavy atom. The highest BCUT2D eigenvalue weighted by Crippen LogP contribution is 2.25. The number of carboxylic acids is 1. The van der Waals surface area contributed by atoms with Crippen LogP contribution >= 0.6 is 0 Å². The molecule has 0 fully saturated rings. The van der Waals surface area contributed by atoms with Crippen LogP contribution in [-0.2, 0) is 16.0 Å². The molecular formula is C17H18N2O5. The van der Waals surface area contributed by atoms with E-state index in [9.17, 15) is 24.9 Å². The van der Waals surface area contributed by atoms with E-state index < -0.39 is 24.0 Å². The summed E-state index contributed by atoms with van der Waals surface area (Å²) in [5.41, 5.74) is 6.87. The van der Waals surface area contributed by atoms with Gasteiger partial charge in [0.1, 0.15) is 12.1 Å². The number of phenolic OH excluding ortho intramolecular Hbond substituents is 2. The average molecular weight is 330 g/mol. The van der Waals surface area contributed by atoms with E-state index in [1.807, 2.05) is 0 Å². The van der Waals surface area contributed by atoms with Crippen LogP contribution in [0, 0.1) is 0 Å². The summed E-state index contributed by atoms with van der Waals surface area (Å²) in [6.07, 6.45) is -0.0591. The molecule has 2 aromatic carbocycles. The van der Waals surface area contributed by atoms with Crippen LogP contribution in [0.3, 0.4) is 0 Å². The molecule has 2 rings (SSSR count). The van der Waals surface area contributed by atoms with Gasteiger partial charge >= 0.3 is 5.97 Å². The zero-order valence-electron chi connectivity index (χ0n) is 12.7. The largest absolute Gasteiger partial charge is 0.504 e. The normalized spacial score (nSPS) is 13.0. The summed E-state index contributed by atoms with van der Waals surface area (Å²) in [5.74, 6) is -2.50. The molecule has 24 heavy (non-hydrogen) atoms. The summed E-state index contributed by atoms with van der Waals surface area (Å²) in [5, 5.41) is 30.4. The van der Waals surface area contributed by atoms with Crippen molar-refractivity contribution in [2.45, 2.75) is 18.5 Å². The Kier molecular flexibility index (Phi) is 5.39. The van der Waals surface area contributed by atoms with Crippen LogP contribution in [0.1, 0.15) is 17.2 Å². The molecule has 0 saturated carbocycles.